The second kappa shape index (κ2) is 5.13. The summed E-state index contributed by atoms with van der Waals surface area (Å²) < 4.78 is 5.65. The molecule has 1 saturated heterocycles. The number of hydrogen-bond acceptors (Lipinski definition) is 4. The van der Waals surface area contributed by atoms with E-state index in [0.717, 1.165) is 29.8 Å². The molecule has 1 fully saturated rings. The number of esters is 1. The van der Waals surface area contributed by atoms with Gasteiger partial charge in [-0.3, -0.25) is 0 Å². The maximum atomic E-state index is 12.4. The first-order valence-electron chi connectivity index (χ1n) is 7.78. The summed E-state index contributed by atoms with van der Waals surface area (Å²) in [6.45, 7) is 7.66. The van der Waals surface area contributed by atoms with Gasteiger partial charge >= 0.3 is 5.97 Å². The van der Waals surface area contributed by atoms with E-state index in [1.165, 1.54) is 5.56 Å². The fourth-order valence-electron chi connectivity index (χ4n) is 3.39. The average Bonchev–Trinajstić information content (AvgIpc) is 2.70. The number of benzene rings is 1. The third-order valence-electron chi connectivity index (χ3n) is 5.07. The van der Waals surface area contributed by atoms with E-state index in [-0.39, 0.29) is 5.76 Å². The van der Waals surface area contributed by atoms with E-state index in [2.05, 4.69) is 11.0 Å². The van der Waals surface area contributed by atoms with Crippen molar-refractivity contribution in [2.75, 3.05) is 20.1 Å². The minimum absolute atomic E-state index is 0.122. The van der Waals surface area contributed by atoms with Gasteiger partial charge in [0.05, 0.1) is 0 Å². The van der Waals surface area contributed by atoms with Crippen molar-refractivity contribution in [3.8, 4) is 0 Å². The van der Waals surface area contributed by atoms with Crippen molar-refractivity contribution >= 4 is 11.5 Å². The third kappa shape index (κ3) is 2.22. The molecule has 1 spiro atoms. The van der Waals surface area contributed by atoms with Crippen molar-refractivity contribution in [2.24, 2.45) is 0 Å². The SMILES string of the molecule is Cc1cc(C)c(C2=C(O)C3(CCN(C)CC3)OC2=O)cc1C. The zero-order valence-corrected chi connectivity index (χ0v) is 13.7. The van der Waals surface area contributed by atoms with Crippen LogP contribution in [0, 0.1) is 20.8 Å². The fraction of sp³-hybridized carbons (Fsp3) is 0.500. The van der Waals surface area contributed by atoms with Gasteiger partial charge in [-0.1, -0.05) is 12.1 Å². The van der Waals surface area contributed by atoms with Crippen LogP contribution in [0.15, 0.2) is 17.9 Å². The molecule has 0 aromatic heterocycles. The van der Waals surface area contributed by atoms with Gasteiger partial charge in [-0.2, -0.15) is 0 Å². The lowest BCUT2D eigenvalue weighted by Crippen LogP contribution is -2.44. The van der Waals surface area contributed by atoms with E-state index in [1.54, 1.807) is 0 Å². The molecule has 2 aliphatic rings. The molecule has 0 saturated carbocycles. The summed E-state index contributed by atoms with van der Waals surface area (Å²) in [5.74, 6) is -0.273. The lowest BCUT2D eigenvalue weighted by molar-refractivity contribution is -0.150. The molecular formula is C18H23NO3. The molecule has 22 heavy (non-hydrogen) atoms. The number of nitrogens with zero attached hydrogens (tertiary/aromatic N) is 1. The van der Waals surface area contributed by atoms with Crippen molar-refractivity contribution in [2.45, 2.75) is 39.2 Å². The second-order valence-electron chi connectivity index (χ2n) is 6.66. The predicted molar refractivity (Wildman–Crippen MR) is 85.8 cm³/mol. The Balaban J connectivity index is 2.08. The lowest BCUT2D eigenvalue weighted by Gasteiger charge is -2.36. The molecule has 0 atom stereocenters. The number of piperidine rings is 1. The molecule has 4 heteroatoms. The van der Waals surface area contributed by atoms with Crippen LogP contribution >= 0.6 is 0 Å². The molecule has 2 aliphatic heterocycles. The number of carbonyl (C=O) groups excluding carboxylic acids is 1. The van der Waals surface area contributed by atoms with E-state index in [4.69, 9.17) is 4.74 Å². The zero-order valence-electron chi connectivity index (χ0n) is 13.7. The molecule has 2 heterocycles. The number of likely N-dealkylation sites (tertiary alicyclic amines) is 1. The molecular weight excluding hydrogens is 278 g/mol. The van der Waals surface area contributed by atoms with Crippen LogP contribution in [0.1, 0.15) is 35.1 Å². The molecule has 0 unspecified atom stereocenters. The van der Waals surface area contributed by atoms with Gasteiger partial charge < -0.3 is 14.7 Å². The Bertz CT molecular complexity index is 667. The van der Waals surface area contributed by atoms with Gasteiger partial charge in [0, 0.05) is 25.9 Å². The molecule has 1 N–H and O–H groups in total. The molecule has 0 amide bonds. The van der Waals surface area contributed by atoms with Crippen molar-refractivity contribution in [1.82, 2.24) is 4.90 Å². The highest BCUT2D eigenvalue weighted by atomic mass is 16.6. The van der Waals surface area contributed by atoms with Crippen molar-refractivity contribution in [3.63, 3.8) is 0 Å². The minimum atomic E-state index is -0.815. The first-order chi connectivity index (χ1) is 10.3. The summed E-state index contributed by atoms with van der Waals surface area (Å²) in [6, 6.07) is 4.03. The summed E-state index contributed by atoms with van der Waals surface area (Å²) in [5.41, 5.74) is 3.61. The number of aliphatic hydroxyl groups is 1. The Hall–Kier alpha value is -1.81. The van der Waals surface area contributed by atoms with Gasteiger partial charge in [-0.15, -0.1) is 0 Å². The number of carbonyl (C=O) groups is 1. The van der Waals surface area contributed by atoms with Crippen molar-refractivity contribution in [1.29, 1.82) is 0 Å². The molecule has 118 valence electrons. The number of aryl methyl sites for hydroxylation is 3. The standard InChI is InChI=1S/C18H23NO3/c1-11-9-13(3)14(10-12(11)2)15-16(20)18(22-17(15)21)5-7-19(4)8-6-18/h9-10,20H,5-8H2,1-4H3. The Morgan fingerprint density at radius 1 is 1.09 bits per heavy atom. The fourth-order valence-corrected chi connectivity index (χ4v) is 3.39. The number of rotatable bonds is 1. The van der Waals surface area contributed by atoms with Gasteiger partial charge in [0.1, 0.15) is 5.57 Å². The maximum Gasteiger partial charge on any atom is 0.343 e. The van der Waals surface area contributed by atoms with Crippen LogP contribution < -0.4 is 0 Å². The zero-order chi connectivity index (χ0) is 16.1. The van der Waals surface area contributed by atoms with Gasteiger partial charge in [0.2, 0.25) is 0 Å². The summed E-state index contributed by atoms with van der Waals surface area (Å²) in [7, 11) is 2.04. The summed E-state index contributed by atoms with van der Waals surface area (Å²) in [6.07, 6.45) is 1.29. The first-order valence-corrected chi connectivity index (χ1v) is 7.78. The highest BCUT2D eigenvalue weighted by Gasteiger charge is 2.50. The van der Waals surface area contributed by atoms with E-state index < -0.39 is 11.6 Å². The van der Waals surface area contributed by atoms with Crippen LogP contribution in [-0.2, 0) is 9.53 Å². The quantitative estimate of drug-likeness (QED) is 0.810. The molecule has 1 aromatic carbocycles. The topological polar surface area (TPSA) is 49.8 Å². The Kier molecular flexibility index (Phi) is 3.52. The summed E-state index contributed by atoms with van der Waals surface area (Å²) in [5, 5.41) is 10.8. The molecule has 0 aliphatic carbocycles. The average molecular weight is 301 g/mol. The van der Waals surface area contributed by atoms with E-state index >= 15 is 0 Å². The monoisotopic (exact) mass is 301 g/mol. The Morgan fingerprint density at radius 2 is 1.68 bits per heavy atom. The highest BCUT2D eigenvalue weighted by Crippen LogP contribution is 2.43. The summed E-state index contributed by atoms with van der Waals surface area (Å²) >= 11 is 0. The van der Waals surface area contributed by atoms with Gasteiger partial charge in [0.15, 0.2) is 11.4 Å². The number of aliphatic hydroxyl groups excluding tert-OH is 1. The Morgan fingerprint density at radius 3 is 2.32 bits per heavy atom. The predicted octanol–water partition coefficient (Wildman–Crippen LogP) is 2.90. The largest absolute Gasteiger partial charge is 0.507 e. The second-order valence-corrected chi connectivity index (χ2v) is 6.66. The smallest absolute Gasteiger partial charge is 0.343 e. The van der Waals surface area contributed by atoms with Crippen LogP contribution in [-0.4, -0.2) is 41.7 Å². The number of ether oxygens (including phenoxy) is 1. The highest BCUT2D eigenvalue weighted by molar-refractivity contribution is 6.20. The van der Waals surface area contributed by atoms with E-state index in [0.29, 0.717) is 18.4 Å². The maximum absolute atomic E-state index is 12.4. The molecule has 0 radical (unpaired) electrons. The van der Waals surface area contributed by atoms with Crippen molar-refractivity contribution in [3.05, 3.63) is 40.1 Å². The van der Waals surface area contributed by atoms with Crippen LogP contribution in [0.2, 0.25) is 0 Å². The van der Waals surface area contributed by atoms with E-state index in [9.17, 15) is 9.90 Å². The van der Waals surface area contributed by atoms with Gasteiger partial charge in [-0.25, -0.2) is 4.79 Å². The van der Waals surface area contributed by atoms with Crippen LogP contribution in [0.4, 0.5) is 0 Å². The van der Waals surface area contributed by atoms with Crippen LogP contribution in [0.3, 0.4) is 0 Å². The van der Waals surface area contributed by atoms with Crippen molar-refractivity contribution < 1.29 is 14.6 Å². The molecule has 0 bridgehead atoms. The molecule has 1 aromatic rings. The van der Waals surface area contributed by atoms with Crippen LogP contribution in [0.25, 0.3) is 5.57 Å². The van der Waals surface area contributed by atoms with Gasteiger partial charge in [0.25, 0.3) is 0 Å². The summed E-state index contributed by atoms with van der Waals surface area (Å²) in [4.78, 5) is 14.6. The normalized spacial score (nSPS) is 21.5. The van der Waals surface area contributed by atoms with Gasteiger partial charge in [-0.05, 0) is 50.1 Å². The van der Waals surface area contributed by atoms with E-state index in [1.807, 2.05) is 33.9 Å². The van der Waals surface area contributed by atoms with Crippen LogP contribution in [0.5, 0.6) is 0 Å². The molecule has 3 rings (SSSR count). The lowest BCUT2D eigenvalue weighted by atomic mass is 9.86. The molecule has 4 nitrogen and oxygen atoms in total. The minimum Gasteiger partial charge on any atom is -0.507 e. The Labute approximate surface area is 131 Å². The number of hydrogen-bond donors (Lipinski definition) is 1. The third-order valence-corrected chi connectivity index (χ3v) is 5.07. The first kappa shape index (κ1) is 15.1.